The summed E-state index contributed by atoms with van der Waals surface area (Å²) in [6, 6.07) is 0. The van der Waals surface area contributed by atoms with E-state index in [0.29, 0.717) is 0 Å². The third kappa shape index (κ3) is 12.2. The summed E-state index contributed by atoms with van der Waals surface area (Å²) in [4.78, 5) is 19.2. The van der Waals surface area contributed by atoms with Gasteiger partial charge in [0.15, 0.2) is 0 Å². The minimum absolute atomic E-state index is 0. The Bertz CT molecular complexity index is 179. The zero-order valence-corrected chi connectivity index (χ0v) is 13.1. The van der Waals surface area contributed by atoms with Crippen molar-refractivity contribution >= 4 is 23.5 Å². The summed E-state index contributed by atoms with van der Waals surface area (Å²) in [7, 11) is 0. The molecule has 0 aromatic carbocycles. The van der Waals surface area contributed by atoms with Gasteiger partial charge in [-0.15, -0.1) is 0 Å². The third-order valence-electron chi connectivity index (χ3n) is 0.440. The summed E-state index contributed by atoms with van der Waals surface area (Å²) < 4.78 is 0. The molecule has 0 amide bonds. The maximum atomic E-state index is 9.63. The van der Waals surface area contributed by atoms with Crippen LogP contribution in [0.2, 0.25) is 0 Å². The quantitative estimate of drug-likeness (QED) is 0.346. The van der Waals surface area contributed by atoms with E-state index in [1.54, 1.807) is 0 Å². The Labute approximate surface area is 153 Å². The normalized spacial score (nSPS) is 9.00. The standard InChI is InChI=1S/C4H3ClO4.2K/c5-2(4(8)9)1-3(6)7;;/h1H,(H,6,7)(H,8,9);;/q;2*+1/p-2/b2-1+;;. The smallest absolute Gasteiger partial charge is 0.545 e. The van der Waals surface area contributed by atoms with Crippen LogP contribution < -0.4 is 113 Å². The van der Waals surface area contributed by atoms with Crippen LogP contribution in [-0.4, -0.2) is 11.9 Å². The first kappa shape index (κ1) is 18.9. The fraction of sp³-hybridized carbons (Fsp3) is 0. The van der Waals surface area contributed by atoms with E-state index in [9.17, 15) is 19.8 Å². The molecule has 4 nitrogen and oxygen atoms in total. The summed E-state index contributed by atoms with van der Waals surface area (Å²) >= 11 is 4.79. The number of hydrogen-bond acceptors (Lipinski definition) is 4. The Morgan fingerprint density at radius 1 is 1.18 bits per heavy atom. The van der Waals surface area contributed by atoms with Crippen LogP contribution in [0.3, 0.4) is 0 Å². The topological polar surface area (TPSA) is 80.3 Å². The summed E-state index contributed by atoms with van der Waals surface area (Å²) in [5.41, 5.74) is 0. The molecule has 0 aromatic rings. The number of carboxylic acid groups (broad SMARTS) is 2. The van der Waals surface area contributed by atoms with E-state index in [2.05, 4.69) is 0 Å². The van der Waals surface area contributed by atoms with Gasteiger partial charge in [0.05, 0.1) is 17.0 Å². The number of rotatable bonds is 2. The SMILES string of the molecule is O=C([O-])/C=C(/Cl)C(=O)[O-].[K+].[K+]. The van der Waals surface area contributed by atoms with Crippen molar-refractivity contribution < 1.29 is 123 Å². The first-order valence-corrected chi connectivity index (χ1v) is 2.21. The van der Waals surface area contributed by atoms with Crippen molar-refractivity contribution in [3.63, 3.8) is 0 Å². The summed E-state index contributed by atoms with van der Waals surface area (Å²) in [6.07, 6.45) is 0.233. The Balaban J connectivity index is -0.000000320. The molecule has 0 fully saturated rings. The molecule has 0 rings (SSSR count). The summed E-state index contributed by atoms with van der Waals surface area (Å²) in [6.45, 7) is 0. The molecule has 0 unspecified atom stereocenters. The molecular weight excluding hydrogens is 226 g/mol. The number of carbonyl (C=O) groups is 2. The second-order valence-electron chi connectivity index (χ2n) is 1.10. The number of halogens is 1. The molecule has 11 heavy (non-hydrogen) atoms. The molecule has 0 N–H and O–H groups in total. The maximum absolute atomic E-state index is 9.63. The van der Waals surface area contributed by atoms with E-state index in [1.807, 2.05) is 0 Å². The molecule has 0 radical (unpaired) electrons. The van der Waals surface area contributed by atoms with E-state index in [0.717, 1.165) is 0 Å². The average molecular weight is 227 g/mol. The van der Waals surface area contributed by atoms with Crippen LogP contribution >= 0.6 is 11.6 Å². The molecule has 0 saturated carbocycles. The van der Waals surface area contributed by atoms with Crippen molar-refractivity contribution in [1.29, 1.82) is 0 Å². The largest absolute Gasteiger partial charge is 1.00 e. The van der Waals surface area contributed by atoms with Gasteiger partial charge in [0, 0.05) is 0 Å². The van der Waals surface area contributed by atoms with E-state index in [4.69, 9.17) is 11.6 Å². The second kappa shape index (κ2) is 10.3. The zero-order valence-electron chi connectivity index (χ0n) is 6.09. The second-order valence-corrected chi connectivity index (χ2v) is 1.51. The number of aliphatic carboxylic acids is 2. The molecule has 0 aliphatic rings. The van der Waals surface area contributed by atoms with Crippen molar-refractivity contribution in [2.24, 2.45) is 0 Å². The van der Waals surface area contributed by atoms with Crippen molar-refractivity contribution in [2.45, 2.75) is 0 Å². The molecule has 0 spiro atoms. The summed E-state index contributed by atoms with van der Waals surface area (Å²) in [5, 5.41) is 18.3. The van der Waals surface area contributed by atoms with Gasteiger partial charge >= 0.3 is 103 Å². The molecule has 0 aliphatic heterocycles. The molecule has 0 aromatic heterocycles. The van der Waals surface area contributed by atoms with Gasteiger partial charge in [-0.1, -0.05) is 11.6 Å². The van der Waals surface area contributed by atoms with Crippen LogP contribution in [0.1, 0.15) is 0 Å². The van der Waals surface area contributed by atoms with E-state index >= 15 is 0 Å². The molecule has 0 bridgehead atoms. The van der Waals surface area contributed by atoms with Gasteiger partial charge in [0.25, 0.3) is 0 Å². The fourth-order valence-corrected chi connectivity index (χ4v) is 0.251. The minimum Gasteiger partial charge on any atom is -0.545 e. The first-order valence-electron chi connectivity index (χ1n) is 1.83. The Kier molecular flexibility index (Phi) is 17.8. The molecule has 0 heterocycles. The average Bonchev–Trinajstić information content (AvgIpc) is 1.63. The molecular formula is C4HClK2O4. The summed E-state index contributed by atoms with van der Waals surface area (Å²) in [5.74, 6) is -3.40. The Morgan fingerprint density at radius 2 is 1.55 bits per heavy atom. The van der Waals surface area contributed by atoms with Crippen LogP contribution in [0, 0.1) is 0 Å². The molecule has 0 aliphatic carbocycles. The van der Waals surface area contributed by atoms with E-state index < -0.39 is 17.0 Å². The molecule has 0 saturated heterocycles. The molecule has 0 atom stereocenters. The van der Waals surface area contributed by atoms with Crippen molar-refractivity contribution in [3.8, 4) is 0 Å². The Hall–Kier alpha value is 2.24. The minimum atomic E-state index is -1.74. The van der Waals surface area contributed by atoms with Gasteiger partial charge in [-0.05, 0) is 6.08 Å². The number of carboxylic acids is 2. The van der Waals surface area contributed by atoms with Crippen LogP contribution in [0.25, 0.3) is 0 Å². The van der Waals surface area contributed by atoms with Crippen molar-refractivity contribution in [1.82, 2.24) is 0 Å². The number of hydrogen-bond donors (Lipinski definition) is 0. The predicted octanol–water partition coefficient (Wildman–Crippen LogP) is -8.38. The molecule has 50 valence electrons. The van der Waals surface area contributed by atoms with Gasteiger partial charge in [-0.3, -0.25) is 0 Å². The zero-order chi connectivity index (χ0) is 7.44. The van der Waals surface area contributed by atoms with Crippen molar-refractivity contribution in [3.05, 3.63) is 11.1 Å². The van der Waals surface area contributed by atoms with Gasteiger partial charge < -0.3 is 19.8 Å². The first-order chi connectivity index (χ1) is 4.04. The third-order valence-corrected chi connectivity index (χ3v) is 0.703. The van der Waals surface area contributed by atoms with Gasteiger partial charge in [-0.25, -0.2) is 0 Å². The van der Waals surface area contributed by atoms with Gasteiger partial charge in [0.2, 0.25) is 0 Å². The van der Waals surface area contributed by atoms with Crippen LogP contribution in [0.15, 0.2) is 11.1 Å². The van der Waals surface area contributed by atoms with E-state index in [1.165, 1.54) is 0 Å². The fourth-order valence-electron chi connectivity index (χ4n) is 0.162. The van der Waals surface area contributed by atoms with Crippen LogP contribution in [-0.2, 0) is 9.59 Å². The van der Waals surface area contributed by atoms with E-state index in [-0.39, 0.29) is 109 Å². The van der Waals surface area contributed by atoms with Crippen LogP contribution in [0.4, 0.5) is 0 Å². The Morgan fingerprint density at radius 3 is 1.64 bits per heavy atom. The van der Waals surface area contributed by atoms with Gasteiger partial charge in [0.1, 0.15) is 0 Å². The monoisotopic (exact) mass is 226 g/mol. The maximum Gasteiger partial charge on any atom is 1.00 e. The number of carbonyl (C=O) groups excluding carboxylic acids is 2. The van der Waals surface area contributed by atoms with Gasteiger partial charge in [-0.2, -0.15) is 0 Å². The van der Waals surface area contributed by atoms with Crippen molar-refractivity contribution in [2.75, 3.05) is 0 Å². The van der Waals surface area contributed by atoms with Crippen LogP contribution in [0.5, 0.6) is 0 Å². The molecule has 7 heteroatoms. The predicted molar refractivity (Wildman–Crippen MR) is 23.9 cm³/mol.